The molecule has 3 N–H and O–H groups in total. The Hall–Kier alpha value is -1.51. The number of carboxylic acids is 1. The SMILES string of the molecule is CC[C@@H](CO)NS(=O)(=O)c1ccc(C(=O)O)cc1F. The van der Waals surface area contributed by atoms with Crippen LogP contribution in [-0.4, -0.2) is 37.2 Å². The molecular weight excluding hydrogens is 277 g/mol. The Morgan fingerprint density at radius 3 is 2.53 bits per heavy atom. The largest absolute Gasteiger partial charge is 0.478 e. The van der Waals surface area contributed by atoms with Crippen molar-refractivity contribution in [2.75, 3.05) is 6.61 Å². The lowest BCUT2D eigenvalue weighted by molar-refractivity contribution is 0.0696. The van der Waals surface area contributed by atoms with Crippen LogP contribution in [0.15, 0.2) is 23.1 Å². The average Bonchev–Trinajstić information content (AvgIpc) is 2.35. The van der Waals surface area contributed by atoms with Crippen molar-refractivity contribution in [3.8, 4) is 0 Å². The maximum Gasteiger partial charge on any atom is 0.335 e. The van der Waals surface area contributed by atoms with E-state index in [1.165, 1.54) is 0 Å². The van der Waals surface area contributed by atoms with Crippen LogP contribution >= 0.6 is 0 Å². The Morgan fingerprint density at radius 1 is 1.47 bits per heavy atom. The van der Waals surface area contributed by atoms with Gasteiger partial charge in [0, 0.05) is 6.04 Å². The number of benzene rings is 1. The first-order valence-corrected chi connectivity index (χ1v) is 6.96. The van der Waals surface area contributed by atoms with Gasteiger partial charge in [0.15, 0.2) is 0 Å². The van der Waals surface area contributed by atoms with Crippen LogP contribution in [0.4, 0.5) is 4.39 Å². The molecule has 0 heterocycles. The van der Waals surface area contributed by atoms with Crippen LogP contribution in [0, 0.1) is 5.82 Å². The number of carbonyl (C=O) groups is 1. The molecule has 8 heteroatoms. The molecule has 0 saturated carbocycles. The summed E-state index contributed by atoms with van der Waals surface area (Å²) >= 11 is 0. The fourth-order valence-electron chi connectivity index (χ4n) is 1.38. The van der Waals surface area contributed by atoms with E-state index in [1.54, 1.807) is 6.92 Å². The third-order valence-corrected chi connectivity index (χ3v) is 4.06. The van der Waals surface area contributed by atoms with E-state index >= 15 is 0 Å². The Labute approximate surface area is 109 Å². The standard InChI is InChI=1S/C11H14FNO5S/c1-2-8(6-14)13-19(17,18)10-4-3-7(11(15)16)5-9(10)12/h3-5,8,13-14H,2,6H2,1H3,(H,15,16)/t8-/m0/s1. The molecule has 0 aromatic heterocycles. The van der Waals surface area contributed by atoms with Crippen LogP contribution in [0.5, 0.6) is 0 Å². The number of sulfonamides is 1. The van der Waals surface area contributed by atoms with Crippen molar-refractivity contribution >= 4 is 16.0 Å². The van der Waals surface area contributed by atoms with E-state index in [0.717, 1.165) is 12.1 Å². The number of rotatable bonds is 6. The highest BCUT2D eigenvalue weighted by Crippen LogP contribution is 2.16. The minimum absolute atomic E-state index is 0.338. The van der Waals surface area contributed by atoms with Crippen LogP contribution in [0.3, 0.4) is 0 Å². The van der Waals surface area contributed by atoms with Gasteiger partial charge >= 0.3 is 5.97 Å². The molecule has 1 aromatic carbocycles. The number of aliphatic hydroxyl groups excluding tert-OH is 1. The van der Waals surface area contributed by atoms with Crippen molar-refractivity contribution in [2.24, 2.45) is 0 Å². The average molecular weight is 291 g/mol. The van der Waals surface area contributed by atoms with Gasteiger partial charge in [0.2, 0.25) is 10.0 Å². The molecule has 0 radical (unpaired) electrons. The Kier molecular flexibility index (Phi) is 4.98. The van der Waals surface area contributed by atoms with Gasteiger partial charge < -0.3 is 10.2 Å². The van der Waals surface area contributed by atoms with Crippen molar-refractivity contribution in [1.29, 1.82) is 0 Å². The zero-order valence-electron chi connectivity index (χ0n) is 10.1. The van der Waals surface area contributed by atoms with Gasteiger partial charge in [-0.1, -0.05) is 6.92 Å². The lowest BCUT2D eigenvalue weighted by atomic mass is 10.2. The molecule has 0 saturated heterocycles. The van der Waals surface area contributed by atoms with Crippen LogP contribution < -0.4 is 4.72 Å². The molecule has 0 unspecified atom stereocenters. The van der Waals surface area contributed by atoms with E-state index in [1.807, 2.05) is 0 Å². The van der Waals surface area contributed by atoms with Gasteiger partial charge in [-0.2, -0.15) is 0 Å². The number of hydrogen-bond acceptors (Lipinski definition) is 4. The first kappa shape index (κ1) is 15.5. The number of aliphatic hydroxyl groups is 1. The first-order valence-electron chi connectivity index (χ1n) is 5.47. The van der Waals surface area contributed by atoms with E-state index < -0.39 is 39.4 Å². The number of hydrogen-bond donors (Lipinski definition) is 3. The predicted molar refractivity (Wildman–Crippen MR) is 64.8 cm³/mol. The van der Waals surface area contributed by atoms with Crippen molar-refractivity contribution in [3.63, 3.8) is 0 Å². The van der Waals surface area contributed by atoms with E-state index in [9.17, 15) is 17.6 Å². The molecule has 0 fully saturated rings. The summed E-state index contributed by atoms with van der Waals surface area (Å²) in [7, 11) is -4.13. The van der Waals surface area contributed by atoms with Crippen molar-refractivity contribution in [1.82, 2.24) is 4.72 Å². The molecule has 6 nitrogen and oxygen atoms in total. The molecule has 1 aromatic rings. The Morgan fingerprint density at radius 2 is 2.11 bits per heavy atom. The highest BCUT2D eigenvalue weighted by atomic mass is 32.2. The molecule has 0 aliphatic rings. The molecule has 0 aliphatic carbocycles. The van der Waals surface area contributed by atoms with E-state index in [4.69, 9.17) is 10.2 Å². The molecule has 19 heavy (non-hydrogen) atoms. The van der Waals surface area contributed by atoms with Gasteiger partial charge in [-0.25, -0.2) is 22.3 Å². The predicted octanol–water partition coefficient (Wildman–Crippen LogP) is 0.573. The third-order valence-electron chi connectivity index (χ3n) is 2.50. The minimum atomic E-state index is -4.13. The molecule has 106 valence electrons. The van der Waals surface area contributed by atoms with Crippen LogP contribution in [0.25, 0.3) is 0 Å². The molecule has 1 rings (SSSR count). The topological polar surface area (TPSA) is 104 Å². The normalized spacial score (nSPS) is 13.2. The summed E-state index contributed by atoms with van der Waals surface area (Å²) in [6, 6.07) is 1.80. The fourth-order valence-corrected chi connectivity index (χ4v) is 2.75. The number of aromatic carboxylic acids is 1. The van der Waals surface area contributed by atoms with Crippen molar-refractivity contribution in [3.05, 3.63) is 29.6 Å². The zero-order chi connectivity index (χ0) is 14.6. The van der Waals surface area contributed by atoms with Gasteiger partial charge in [-0.15, -0.1) is 0 Å². The number of nitrogens with one attached hydrogen (secondary N) is 1. The van der Waals surface area contributed by atoms with Gasteiger partial charge in [0.05, 0.1) is 12.2 Å². The summed E-state index contributed by atoms with van der Waals surface area (Å²) in [6.45, 7) is 1.25. The van der Waals surface area contributed by atoms with E-state index in [0.29, 0.717) is 12.5 Å². The second-order valence-corrected chi connectivity index (χ2v) is 5.54. The smallest absolute Gasteiger partial charge is 0.335 e. The van der Waals surface area contributed by atoms with Gasteiger partial charge in [0.1, 0.15) is 10.7 Å². The highest BCUT2D eigenvalue weighted by molar-refractivity contribution is 7.89. The molecule has 0 aliphatic heterocycles. The van der Waals surface area contributed by atoms with Crippen molar-refractivity contribution < 1.29 is 27.8 Å². The maximum absolute atomic E-state index is 13.6. The Bertz CT molecular complexity index is 568. The lowest BCUT2D eigenvalue weighted by Crippen LogP contribution is -2.37. The third kappa shape index (κ3) is 3.72. The molecular formula is C11H14FNO5S. The minimum Gasteiger partial charge on any atom is -0.478 e. The summed E-state index contributed by atoms with van der Waals surface area (Å²) in [6.07, 6.45) is 0.338. The first-order chi connectivity index (χ1) is 8.81. The number of halogens is 1. The number of carboxylic acid groups (broad SMARTS) is 1. The summed E-state index contributed by atoms with van der Waals surface area (Å²) in [5.74, 6) is -2.50. The molecule has 1 atom stereocenters. The van der Waals surface area contributed by atoms with E-state index in [-0.39, 0.29) is 5.56 Å². The lowest BCUT2D eigenvalue weighted by Gasteiger charge is -2.14. The molecule has 0 bridgehead atoms. The zero-order valence-corrected chi connectivity index (χ0v) is 10.9. The second kappa shape index (κ2) is 6.09. The van der Waals surface area contributed by atoms with Crippen LogP contribution in [-0.2, 0) is 10.0 Å². The van der Waals surface area contributed by atoms with Gasteiger partial charge in [-0.3, -0.25) is 0 Å². The maximum atomic E-state index is 13.6. The Balaban J connectivity index is 3.12. The summed E-state index contributed by atoms with van der Waals surface area (Å²) in [5.41, 5.74) is -0.342. The molecule has 0 spiro atoms. The van der Waals surface area contributed by atoms with Gasteiger partial charge in [-0.05, 0) is 24.6 Å². The second-order valence-electron chi connectivity index (χ2n) is 3.86. The summed E-state index contributed by atoms with van der Waals surface area (Å²) < 4.78 is 39.5. The van der Waals surface area contributed by atoms with Crippen molar-refractivity contribution in [2.45, 2.75) is 24.3 Å². The quantitative estimate of drug-likeness (QED) is 0.711. The highest BCUT2D eigenvalue weighted by Gasteiger charge is 2.23. The monoisotopic (exact) mass is 291 g/mol. The van der Waals surface area contributed by atoms with Crippen LogP contribution in [0.2, 0.25) is 0 Å². The molecule has 0 amide bonds. The summed E-state index contributed by atoms with van der Waals surface area (Å²) in [5, 5.41) is 17.6. The van der Waals surface area contributed by atoms with Gasteiger partial charge in [0.25, 0.3) is 0 Å². The van der Waals surface area contributed by atoms with Crippen LogP contribution in [0.1, 0.15) is 23.7 Å². The fraction of sp³-hybridized carbons (Fsp3) is 0.364. The summed E-state index contributed by atoms with van der Waals surface area (Å²) in [4.78, 5) is 9.97. The van der Waals surface area contributed by atoms with E-state index in [2.05, 4.69) is 4.72 Å².